The van der Waals surface area contributed by atoms with E-state index in [1.165, 1.54) is 6.20 Å². The third-order valence-electron chi connectivity index (χ3n) is 4.12. The molecule has 1 aromatic heterocycles. The van der Waals surface area contributed by atoms with Crippen molar-refractivity contribution in [3.63, 3.8) is 0 Å². The minimum absolute atomic E-state index is 0.355. The molecule has 1 amide bonds. The number of nitrogens with zero attached hydrogens (tertiary/aromatic N) is 2. The standard InChI is InChI=1S/C15H21N3O3/c1-2-6-15(14(20)21)7-3-8-18(10-15)12-5-4-11(9-17-12)13(16)19/h4-5,9H,2-3,6-8,10H2,1H3,(H2,16,19)(H,20,21). The van der Waals surface area contributed by atoms with Gasteiger partial charge in [0.25, 0.3) is 0 Å². The van der Waals surface area contributed by atoms with Gasteiger partial charge in [-0.15, -0.1) is 0 Å². The summed E-state index contributed by atoms with van der Waals surface area (Å²) >= 11 is 0. The fourth-order valence-electron chi connectivity index (χ4n) is 3.01. The Balaban J connectivity index is 2.20. The molecule has 21 heavy (non-hydrogen) atoms. The fraction of sp³-hybridized carbons (Fsp3) is 0.533. The summed E-state index contributed by atoms with van der Waals surface area (Å²) in [6.45, 7) is 3.24. The highest BCUT2D eigenvalue weighted by Gasteiger charge is 2.41. The third-order valence-corrected chi connectivity index (χ3v) is 4.12. The number of aromatic nitrogens is 1. The first-order valence-corrected chi connectivity index (χ1v) is 7.23. The van der Waals surface area contributed by atoms with Crippen LogP contribution in [-0.2, 0) is 4.79 Å². The number of nitrogens with two attached hydrogens (primary N) is 1. The second-order valence-corrected chi connectivity index (χ2v) is 5.63. The number of carboxylic acids is 1. The zero-order valence-electron chi connectivity index (χ0n) is 12.2. The minimum Gasteiger partial charge on any atom is -0.481 e. The van der Waals surface area contributed by atoms with E-state index in [1.54, 1.807) is 12.1 Å². The Kier molecular flexibility index (Phi) is 4.45. The third kappa shape index (κ3) is 3.15. The maximum atomic E-state index is 11.7. The number of amides is 1. The van der Waals surface area contributed by atoms with Gasteiger partial charge in [0, 0.05) is 19.3 Å². The summed E-state index contributed by atoms with van der Waals surface area (Å²) in [5.74, 6) is -0.553. The largest absolute Gasteiger partial charge is 0.481 e. The molecular weight excluding hydrogens is 270 g/mol. The average molecular weight is 291 g/mol. The van der Waals surface area contributed by atoms with Crippen LogP contribution in [0.2, 0.25) is 0 Å². The zero-order chi connectivity index (χ0) is 15.5. The highest BCUT2D eigenvalue weighted by Crippen LogP contribution is 2.36. The van der Waals surface area contributed by atoms with E-state index in [1.807, 2.05) is 11.8 Å². The number of hydrogen-bond acceptors (Lipinski definition) is 4. The molecule has 0 radical (unpaired) electrons. The van der Waals surface area contributed by atoms with Crippen molar-refractivity contribution in [3.8, 4) is 0 Å². The van der Waals surface area contributed by atoms with Crippen LogP contribution >= 0.6 is 0 Å². The summed E-state index contributed by atoms with van der Waals surface area (Å²) < 4.78 is 0. The molecule has 6 nitrogen and oxygen atoms in total. The van der Waals surface area contributed by atoms with Crippen molar-refractivity contribution in [3.05, 3.63) is 23.9 Å². The van der Waals surface area contributed by atoms with Crippen molar-refractivity contribution < 1.29 is 14.7 Å². The van der Waals surface area contributed by atoms with Crippen LogP contribution in [0.3, 0.4) is 0 Å². The van der Waals surface area contributed by atoms with Crippen LogP contribution in [0, 0.1) is 5.41 Å². The second-order valence-electron chi connectivity index (χ2n) is 5.63. The highest BCUT2D eigenvalue weighted by molar-refractivity contribution is 5.92. The number of pyridine rings is 1. The average Bonchev–Trinajstić information content (AvgIpc) is 2.48. The molecule has 0 spiro atoms. The number of primary amides is 1. The summed E-state index contributed by atoms with van der Waals surface area (Å²) in [6, 6.07) is 3.35. The van der Waals surface area contributed by atoms with Gasteiger partial charge in [0.1, 0.15) is 5.82 Å². The molecule has 114 valence electrons. The van der Waals surface area contributed by atoms with Crippen LogP contribution in [-0.4, -0.2) is 35.1 Å². The van der Waals surface area contributed by atoms with Crippen molar-refractivity contribution in [2.75, 3.05) is 18.0 Å². The number of aliphatic carboxylic acids is 1. The molecule has 1 unspecified atom stereocenters. The Morgan fingerprint density at radius 1 is 1.48 bits per heavy atom. The van der Waals surface area contributed by atoms with Gasteiger partial charge in [-0.3, -0.25) is 9.59 Å². The molecule has 1 fully saturated rings. The number of piperidine rings is 1. The first-order chi connectivity index (χ1) is 9.98. The summed E-state index contributed by atoms with van der Waals surface area (Å²) in [5, 5.41) is 9.59. The molecule has 0 bridgehead atoms. The molecule has 0 aliphatic carbocycles. The molecule has 6 heteroatoms. The fourth-order valence-corrected chi connectivity index (χ4v) is 3.01. The van der Waals surface area contributed by atoms with Crippen molar-refractivity contribution >= 4 is 17.7 Å². The summed E-state index contributed by atoms with van der Waals surface area (Å²) in [5.41, 5.74) is 4.85. The van der Waals surface area contributed by atoms with Crippen molar-refractivity contribution in [1.82, 2.24) is 4.98 Å². The lowest BCUT2D eigenvalue weighted by molar-refractivity contribution is -0.150. The van der Waals surface area contributed by atoms with Gasteiger partial charge in [0.15, 0.2) is 0 Å². The van der Waals surface area contributed by atoms with E-state index in [-0.39, 0.29) is 0 Å². The van der Waals surface area contributed by atoms with Gasteiger partial charge < -0.3 is 15.7 Å². The van der Waals surface area contributed by atoms with Crippen molar-refractivity contribution in [2.24, 2.45) is 11.1 Å². The van der Waals surface area contributed by atoms with E-state index >= 15 is 0 Å². The monoisotopic (exact) mass is 291 g/mol. The van der Waals surface area contributed by atoms with E-state index in [9.17, 15) is 14.7 Å². The van der Waals surface area contributed by atoms with Crippen LogP contribution in [0.25, 0.3) is 0 Å². The molecule has 2 heterocycles. The Morgan fingerprint density at radius 2 is 2.24 bits per heavy atom. The molecule has 1 saturated heterocycles. The first-order valence-electron chi connectivity index (χ1n) is 7.23. The number of carbonyl (C=O) groups is 2. The maximum absolute atomic E-state index is 11.7. The maximum Gasteiger partial charge on any atom is 0.311 e. The molecular formula is C15H21N3O3. The van der Waals surface area contributed by atoms with Gasteiger partial charge in [-0.2, -0.15) is 0 Å². The van der Waals surface area contributed by atoms with E-state index < -0.39 is 17.3 Å². The van der Waals surface area contributed by atoms with E-state index in [0.29, 0.717) is 30.8 Å². The summed E-state index contributed by atoms with van der Waals surface area (Å²) in [7, 11) is 0. The quantitative estimate of drug-likeness (QED) is 0.860. The first kappa shape index (κ1) is 15.3. The van der Waals surface area contributed by atoms with Crippen LogP contribution in [0.15, 0.2) is 18.3 Å². The predicted octanol–water partition coefficient (Wildman–Crippen LogP) is 1.65. The van der Waals surface area contributed by atoms with Gasteiger partial charge in [-0.05, 0) is 31.4 Å². The van der Waals surface area contributed by atoms with Gasteiger partial charge in [-0.1, -0.05) is 13.3 Å². The van der Waals surface area contributed by atoms with Crippen LogP contribution in [0.5, 0.6) is 0 Å². The highest BCUT2D eigenvalue weighted by atomic mass is 16.4. The van der Waals surface area contributed by atoms with Crippen LogP contribution in [0.1, 0.15) is 43.0 Å². The lowest BCUT2D eigenvalue weighted by Gasteiger charge is -2.40. The molecule has 3 N–H and O–H groups in total. The normalized spacial score (nSPS) is 22.0. The van der Waals surface area contributed by atoms with Crippen molar-refractivity contribution in [2.45, 2.75) is 32.6 Å². The Hall–Kier alpha value is -2.11. The number of hydrogen-bond donors (Lipinski definition) is 2. The van der Waals surface area contributed by atoms with Gasteiger partial charge in [-0.25, -0.2) is 4.98 Å². The van der Waals surface area contributed by atoms with Crippen LogP contribution < -0.4 is 10.6 Å². The number of rotatable bonds is 5. The zero-order valence-corrected chi connectivity index (χ0v) is 12.2. The van der Waals surface area contributed by atoms with E-state index in [4.69, 9.17) is 5.73 Å². The smallest absolute Gasteiger partial charge is 0.311 e. The Labute approximate surface area is 124 Å². The summed E-state index contributed by atoms with van der Waals surface area (Å²) in [4.78, 5) is 29.0. The molecule has 1 aliphatic heterocycles. The van der Waals surface area contributed by atoms with Gasteiger partial charge in [0.05, 0.1) is 11.0 Å². The topological polar surface area (TPSA) is 96.5 Å². The molecule has 1 aliphatic rings. The lowest BCUT2D eigenvalue weighted by atomic mass is 9.76. The Bertz CT molecular complexity index is 525. The van der Waals surface area contributed by atoms with E-state index in [2.05, 4.69) is 4.98 Å². The molecule has 0 aromatic carbocycles. The minimum atomic E-state index is -0.734. The number of anilines is 1. The molecule has 0 saturated carbocycles. The predicted molar refractivity (Wildman–Crippen MR) is 79.2 cm³/mol. The molecule has 1 atom stereocenters. The van der Waals surface area contributed by atoms with Gasteiger partial charge >= 0.3 is 5.97 Å². The SMILES string of the molecule is CCCC1(C(=O)O)CCCN(c2ccc(C(N)=O)cn2)C1. The number of carbonyl (C=O) groups excluding carboxylic acids is 1. The number of carboxylic acid groups (broad SMARTS) is 1. The van der Waals surface area contributed by atoms with Crippen molar-refractivity contribution in [1.29, 1.82) is 0 Å². The molecule has 1 aromatic rings. The molecule has 2 rings (SSSR count). The van der Waals surface area contributed by atoms with E-state index in [0.717, 1.165) is 19.4 Å². The van der Waals surface area contributed by atoms with Crippen LogP contribution in [0.4, 0.5) is 5.82 Å². The van der Waals surface area contributed by atoms with Gasteiger partial charge in [0.2, 0.25) is 5.91 Å². The summed E-state index contributed by atoms with van der Waals surface area (Å²) in [6.07, 6.45) is 4.47. The Morgan fingerprint density at radius 3 is 2.76 bits per heavy atom. The second kappa shape index (κ2) is 6.11. The lowest BCUT2D eigenvalue weighted by Crippen LogP contribution is -2.48.